The van der Waals surface area contributed by atoms with E-state index in [9.17, 15) is 18.0 Å². The first-order valence-electron chi connectivity index (χ1n) is 19.6. The SMILES string of the molecule is CS(=O)(=O)N=C1C=CC=CCN1CCCNC(=O)C1CCN(c2ncc(C(=O)Nc3nc(-c4cc(Cl)cs4)c(N4CCN(C5CCCCC5)CC4)s3)cc2Cl)CC1.Cl. The highest BCUT2D eigenvalue weighted by atomic mass is 35.5. The number of nitrogens with one attached hydrogen (secondary N) is 2. The number of anilines is 3. The zero-order valence-corrected chi connectivity index (χ0v) is 37.2. The Kier molecular flexibility index (Phi) is 15.5. The topological polar surface area (TPSA) is 143 Å². The number of rotatable bonds is 12. The van der Waals surface area contributed by atoms with Crippen molar-refractivity contribution in [1.29, 1.82) is 0 Å². The number of allylic oxidation sites excluding steroid dienone is 2. The van der Waals surface area contributed by atoms with Crippen molar-refractivity contribution in [2.45, 2.75) is 57.4 Å². The van der Waals surface area contributed by atoms with Crippen LogP contribution >= 0.6 is 58.3 Å². The summed E-state index contributed by atoms with van der Waals surface area (Å²) in [4.78, 5) is 46.0. The molecular formula is C39H50Cl3N9O4S3. The number of hydrogen-bond donors (Lipinski definition) is 2. The van der Waals surface area contributed by atoms with Crippen molar-refractivity contribution in [1.82, 2.24) is 25.1 Å². The highest BCUT2D eigenvalue weighted by Crippen LogP contribution is 2.42. The Morgan fingerprint density at radius 2 is 1.74 bits per heavy atom. The minimum Gasteiger partial charge on any atom is -0.359 e. The predicted octanol–water partition coefficient (Wildman–Crippen LogP) is 7.21. The lowest BCUT2D eigenvalue weighted by molar-refractivity contribution is -0.125. The molecule has 13 nitrogen and oxygen atoms in total. The van der Waals surface area contributed by atoms with Crippen molar-refractivity contribution in [2.24, 2.45) is 10.3 Å². The van der Waals surface area contributed by atoms with E-state index in [-0.39, 0.29) is 30.1 Å². The van der Waals surface area contributed by atoms with Gasteiger partial charge in [0.2, 0.25) is 5.91 Å². The maximum absolute atomic E-state index is 13.5. The van der Waals surface area contributed by atoms with Crippen LogP contribution in [0.2, 0.25) is 10.0 Å². The molecule has 3 aromatic heterocycles. The van der Waals surface area contributed by atoms with Crippen LogP contribution in [0.1, 0.15) is 61.7 Å². The van der Waals surface area contributed by atoms with Gasteiger partial charge in [-0.25, -0.2) is 18.4 Å². The molecule has 3 fully saturated rings. The number of nitrogens with zero attached hydrogens (tertiary/aromatic N) is 7. The number of amidine groups is 1. The lowest BCUT2D eigenvalue weighted by atomic mass is 9.94. The van der Waals surface area contributed by atoms with E-state index in [0.29, 0.717) is 90.4 Å². The van der Waals surface area contributed by atoms with Crippen LogP contribution in [0.4, 0.5) is 16.0 Å². The van der Waals surface area contributed by atoms with Gasteiger partial charge in [-0.1, -0.05) is 72.0 Å². The second-order valence-electron chi connectivity index (χ2n) is 14.9. The van der Waals surface area contributed by atoms with Crippen molar-refractivity contribution in [3.8, 4) is 10.6 Å². The number of hydrogen-bond acceptors (Lipinski definition) is 11. The molecule has 0 aromatic carbocycles. The lowest BCUT2D eigenvalue weighted by Crippen LogP contribution is -2.50. The molecule has 0 bridgehead atoms. The van der Waals surface area contributed by atoms with E-state index in [1.54, 1.807) is 29.6 Å². The molecule has 1 saturated carbocycles. The number of aromatic nitrogens is 2. The van der Waals surface area contributed by atoms with Gasteiger partial charge in [0, 0.05) is 82.4 Å². The summed E-state index contributed by atoms with van der Waals surface area (Å²) in [6, 6.07) is 4.26. The molecule has 2 amide bonds. The molecule has 0 atom stereocenters. The van der Waals surface area contributed by atoms with Crippen molar-refractivity contribution < 1.29 is 18.0 Å². The first-order valence-corrected chi connectivity index (χ1v) is 23.9. The maximum atomic E-state index is 13.5. The number of carbonyl (C=O) groups is 2. The number of piperazine rings is 1. The number of pyridine rings is 1. The number of carbonyl (C=O) groups excluding carboxylic acids is 2. The third kappa shape index (κ3) is 11.5. The molecule has 2 saturated heterocycles. The molecule has 58 heavy (non-hydrogen) atoms. The smallest absolute Gasteiger partial charge is 0.259 e. The molecule has 6 heterocycles. The fourth-order valence-corrected chi connectivity index (χ4v) is 10.9. The fourth-order valence-electron chi connectivity index (χ4n) is 7.92. The molecule has 3 aromatic rings. The van der Waals surface area contributed by atoms with E-state index in [1.807, 2.05) is 28.5 Å². The maximum Gasteiger partial charge on any atom is 0.259 e. The number of piperidine rings is 1. The van der Waals surface area contributed by atoms with Gasteiger partial charge in [0.1, 0.15) is 22.3 Å². The van der Waals surface area contributed by atoms with Crippen molar-refractivity contribution >= 4 is 102 Å². The Bertz CT molecular complexity index is 2100. The van der Waals surface area contributed by atoms with Crippen LogP contribution in [-0.4, -0.2) is 117 Å². The Labute approximate surface area is 365 Å². The average Bonchev–Trinajstić information content (AvgIpc) is 3.77. The highest BCUT2D eigenvalue weighted by Gasteiger charge is 2.30. The Morgan fingerprint density at radius 3 is 2.43 bits per heavy atom. The van der Waals surface area contributed by atoms with Crippen LogP contribution in [-0.2, 0) is 14.8 Å². The summed E-state index contributed by atoms with van der Waals surface area (Å²) in [5.74, 6) is 0.486. The van der Waals surface area contributed by atoms with Gasteiger partial charge in [0.25, 0.3) is 15.9 Å². The molecule has 2 N–H and O–H groups in total. The van der Waals surface area contributed by atoms with Crippen molar-refractivity contribution in [3.63, 3.8) is 0 Å². The van der Waals surface area contributed by atoms with Gasteiger partial charge in [0.15, 0.2) is 5.13 Å². The molecule has 0 spiro atoms. The predicted molar refractivity (Wildman–Crippen MR) is 240 cm³/mol. The van der Waals surface area contributed by atoms with Crippen LogP contribution in [0.3, 0.4) is 0 Å². The number of halogens is 3. The summed E-state index contributed by atoms with van der Waals surface area (Å²) in [6.45, 7) is 6.59. The Morgan fingerprint density at radius 1 is 0.983 bits per heavy atom. The molecule has 0 unspecified atom stereocenters. The molecule has 19 heteroatoms. The average molecular weight is 911 g/mol. The third-order valence-electron chi connectivity index (χ3n) is 10.9. The second-order valence-corrected chi connectivity index (χ2v) is 19.3. The summed E-state index contributed by atoms with van der Waals surface area (Å²) >= 11 is 16.1. The molecule has 0 radical (unpaired) electrons. The van der Waals surface area contributed by atoms with Gasteiger partial charge in [-0.3, -0.25) is 19.8 Å². The van der Waals surface area contributed by atoms with E-state index in [1.165, 1.54) is 49.6 Å². The highest BCUT2D eigenvalue weighted by molar-refractivity contribution is 7.89. The number of amides is 2. The zero-order chi connectivity index (χ0) is 39.9. The number of sulfonamides is 1. The summed E-state index contributed by atoms with van der Waals surface area (Å²) < 4.78 is 27.4. The van der Waals surface area contributed by atoms with Crippen molar-refractivity contribution in [2.75, 3.05) is 80.3 Å². The Balaban J connectivity index is 0.00000567. The quantitative estimate of drug-likeness (QED) is 0.179. The van der Waals surface area contributed by atoms with Crippen LogP contribution < -0.4 is 20.4 Å². The van der Waals surface area contributed by atoms with Gasteiger partial charge in [-0.2, -0.15) is 0 Å². The standard InChI is InChI=1S/C39H49Cl2N9O4S3.ClH/c1-57(53,54)46-33-11-6-3-7-15-48(33)16-8-14-42-36(51)27-12-17-49(18-13-27)35-31(41)23-28(25-43-35)37(52)45-39-44-34(32-24-29(40)26-55-32)38(56-39)50-21-19-47(20-22-50)30-9-4-2-5-10-30;/h3,6-7,11,23-27,30H,2,4-5,8-10,12-22H2,1H3,(H,42,51)(H,44,45,52);1H. The number of thiazole rings is 1. The Hall–Kier alpha value is -3.25. The van der Waals surface area contributed by atoms with Crippen LogP contribution in [0, 0.1) is 5.92 Å². The van der Waals surface area contributed by atoms with Crippen LogP contribution in [0.25, 0.3) is 10.6 Å². The van der Waals surface area contributed by atoms with Gasteiger partial charge in [0.05, 0.1) is 26.7 Å². The van der Waals surface area contributed by atoms with Crippen LogP contribution in [0.5, 0.6) is 0 Å². The first-order chi connectivity index (χ1) is 27.5. The van der Waals surface area contributed by atoms with E-state index in [4.69, 9.17) is 28.2 Å². The second kappa shape index (κ2) is 20.3. The summed E-state index contributed by atoms with van der Waals surface area (Å²) in [5, 5.41) is 10.5. The molecule has 4 aliphatic rings. The first kappa shape index (κ1) is 44.3. The van der Waals surface area contributed by atoms with Gasteiger partial charge in [-0.05, 0) is 50.3 Å². The van der Waals surface area contributed by atoms with Crippen molar-refractivity contribution in [3.05, 3.63) is 63.6 Å². The summed E-state index contributed by atoms with van der Waals surface area (Å²) in [7, 11) is -3.54. The largest absolute Gasteiger partial charge is 0.359 e. The number of thiophene rings is 1. The molecule has 3 aliphatic heterocycles. The van der Waals surface area contributed by atoms with Gasteiger partial charge < -0.3 is 20.0 Å². The summed E-state index contributed by atoms with van der Waals surface area (Å²) in [5.41, 5.74) is 1.17. The molecule has 7 rings (SSSR count). The van der Waals surface area contributed by atoms with Gasteiger partial charge in [-0.15, -0.1) is 28.1 Å². The minimum absolute atomic E-state index is 0. The van der Waals surface area contributed by atoms with E-state index >= 15 is 0 Å². The summed E-state index contributed by atoms with van der Waals surface area (Å²) in [6.07, 6.45) is 18.4. The third-order valence-corrected chi connectivity index (χ3v) is 14.0. The molecule has 1 aliphatic carbocycles. The van der Waals surface area contributed by atoms with E-state index in [2.05, 4.69) is 34.7 Å². The lowest BCUT2D eigenvalue weighted by Gasteiger charge is -2.41. The van der Waals surface area contributed by atoms with E-state index in [0.717, 1.165) is 48.0 Å². The fraction of sp³-hybridized carbons (Fsp3) is 0.513. The monoisotopic (exact) mass is 909 g/mol. The van der Waals surface area contributed by atoms with Gasteiger partial charge >= 0.3 is 0 Å². The van der Waals surface area contributed by atoms with Crippen LogP contribution in [0.15, 0.2) is 52.4 Å². The van der Waals surface area contributed by atoms with E-state index < -0.39 is 10.0 Å². The normalized spacial score (nSPS) is 19.3. The zero-order valence-electron chi connectivity index (χ0n) is 32.4. The molecule has 314 valence electrons. The minimum atomic E-state index is -3.54. The molecular weight excluding hydrogens is 861 g/mol.